The second-order valence-electron chi connectivity index (χ2n) is 18.7. The van der Waals surface area contributed by atoms with E-state index < -0.39 is 5.41 Å². The number of Topliss-reactive ketones (excluding diaryl/α,β-unsaturated/α-hetero) is 1. The van der Waals surface area contributed by atoms with Gasteiger partial charge in [-0.2, -0.15) is 0 Å². The molecule has 58 heavy (non-hydrogen) atoms. The summed E-state index contributed by atoms with van der Waals surface area (Å²) >= 11 is 0. The maximum Gasteiger partial charge on any atom is 0.237 e. The maximum atomic E-state index is 13.5. The predicted octanol–water partition coefficient (Wildman–Crippen LogP) is 9.94. The van der Waals surface area contributed by atoms with Crippen molar-refractivity contribution in [3.05, 3.63) is 113 Å². The van der Waals surface area contributed by atoms with Crippen LogP contribution in [0.3, 0.4) is 0 Å². The number of carbonyl (C=O) groups excluding carboxylic acids is 2. The normalized spacial score (nSPS) is 16.9. The van der Waals surface area contributed by atoms with Gasteiger partial charge in [0.1, 0.15) is 5.78 Å². The molecule has 9 heteroatoms. The SMILES string of the molecule is CC(C)(C)c1cc2cc(CC(=O)C3(c4ccc5c(c4)OCO5)CC3)ccc2[nH]1.CN(C(=O)C1(c2ccc3c(c2)OCO3)CC1)c1ccc2c(c1)cc(C(C)(C)C)n2C. The van der Waals surface area contributed by atoms with Crippen molar-refractivity contribution in [1.82, 2.24) is 9.55 Å². The van der Waals surface area contributed by atoms with Crippen LogP contribution in [0, 0.1) is 0 Å². The van der Waals surface area contributed by atoms with Crippen molar-refractivity contribution in [3.63, 3.8) is 0 Å². The first-order chi connectivity index (χ1) is 27.6. The molecule has 6 aromatic rings. The fourth-order valence-electron chi connectivity index (χ4n) is 8.75. The van der Waals surface area contributed by atoms with Crippen molar-refractivity contribution in [2.75, 3.05) is 25.5 Å². The number of likely N-dealkylation sites (N-methyl/N-ethyl adjacent to an activating group) is 1. The number of aromatic nitrogens is 2. The number of nitrogens with zero attached hydrogens (tertiary/aromatic N) is 2. The van der Waals surface area contributed by atoms with E-state index in [1.165, 1.54) is 22.3 Å². The Morgan fingerprint density at radius 2 is 1.28 bits per heavy atom. The van der Waals surface area contributed by atoms with E-state index in [1.807, 2.05) is 49.5 Å². The topological polar surface area (TPSA) is 95.0 Å². The molecule has 0 saturated heterocycles. The fourth-order valence-corrected chi connectivity index (χ4v) is 8.75. The molecule has 0 unspecified atom stereocenters. The highest BCUT2D eigenvalue weighted by molar-refractivity contribution is 6.04. The highest BCUT2D eigenvalue weighted by Gasteiger charge is 2.53. The average molecular weight is 780 g/mol. The minimum atomic E-state index is -0.460. The number of carbonyl (C=O) groups is 2. The van der Waals surface area contributed by atoms with Crippen LogP contribution in [0.5, 0.6) is 23.0 Å². The molecular formula is C49H53N3O6. The lowest BCUT2D eigenvalue weighted by molar-refractivity contribution is -0.121. The van der Waals surface area contributed by atoms with Crippen molar-refractivity contribution in [1.29, 1.82) is 0 Å². The zero-order valence-electron chi connectivity index (χ0n) is 34.9. The highest BCUT2D eigenvalue weighted by Crippen LogP contribution is 2.53. The number of aromatic amines is 1. The molecule has 2 aliphatic heterocycles. The maximum absolute atomic E-state index is 13.5. The van der Waals surface area contributed by atoms with E-state index in [-0.39, 0.29) is 41.5 Å². The molecule has 2 aromatic heterocycles. The molecule has 4 heterocycles. The largest absolute Gasteiger partial charge is 0.454 e. The summed E-state index contributed by atoms with van der Waals surface area (Å²) in [6.45, 7) is 13.8. The monoisotopic (exact) mass is 779 g/mol. The van der Waals surface area contributed by atoms with Gasteiger partial charge in [0.2, 0.25) is 19.5 Å². The quantitative estimate of drug-likeness (QED) is 0.173. The Labute approximate surface area is 340 Å². The Kier molecular flexibility index (Phi) is 8.77. The van der Waals surface area contributed by atoms with Crippen LogP contribution < -0.4 is 23.8 Å². The number of ether oxygens (including phenoxy) is 4. The molecule has 10 rings (SSSR count). The first-order valence-electron chi connectivity index (χ1n) is 20.4. The van der Waals surface area contributed by atoms with Crippen molar-refractivity contribution in [2.24, 2.45) is 7.05 Å². The minimum Gasteiger partial charge on any atom is -0.454 e. The van der Waals surface area contributed by atoms with Crippen LogP contribution in [0.4, 0.5) is 5.69 Å². The number of ketones is 1. The van der Waals surface area contributed by atoms with Gasteiger partial charge in [0, 0.05) is 64.8 Å². The molecule has 4 aromatic carbocycles. The second-order valence-corrected chi connectivity index (χ2v) is 18.7. The Morgan fingerprint density at radius 1 is 0.672 bits per heavy atom. The van der Waals surface area contributed by atoms with Crippen LogP contribution in [0.15, 0.2) is 84.9 Å². The number of benzene rings is 4. The Bertz CT molecular complexity index is 2610. The van der Waals surface area contributed by atoms with Crippen LogP contribution in [0.1, 0.15) is 95.3 Å². The summed E-state index contributed by atoms with van der Waals surface area (Å²) in [5, 5.41) is 2.33. The van der Waals surface area contributed by atoms with Gasteiger partial charge in [0.15, 0.2) is 23.0 Å². The molecule has 0 spiro atoms. The van der Waals surface area contributed by atoms with Gasteiger partial charge in [0.05, 0.1) is 10.8 Å². The van der Waals surface area contributed by atoms with E-state index in [1.54, 1.807) is 4.90 Å². The van der Waals surface area contributed by atoms with Crippen LogP contribution in [0.25, 0.3) is 21.8 Å². The van der Waals surface area contributed by atoms with Gasteiger partial charge in [-0.3, -0.25) is 9.59 Å². The molecular weight excluding hydrogens is 727 g/mol. The summed E-state index contributed by atoms with van der Waals surface area (Å²) in [5.74, 6) is 3.42. The molecule has 2 aliphatic carbocycles. The number of fused-ring (bicyclic) bond motifs is 4. The van der Waals surface area contributed by atoms with E-state index in [0.717, 1.165) is 82.0 Å². The number of hydrogen-bond acceptors (Lipinski definition) is 6. The average Bonchev–Trinajstić information content (AvgIpc) is 3.92. The second kappa shape index (κ2) is 13.4. The summed E-state index contributed by atoms with van der Waals surface area (Å²) in [4.78, 5) is 32.1. The van der Waals surface area contributed by atoms with Gasteiger partial charge in [-0.15, -0.1) is 0 Å². The van der Waals surface area contributed by atoms with Gasteiger partial charge in [-0.25, -0.2) is 0 Å². The van der Waals surface area contributed by atoms with E-state index in [0.29, 0.717) is 6.42 Å². The third kappa shape index (κ3) is 6.58. The van der Waals surface area contributed by atoms with Crippen molar-refractivity contribution in [2.45, 2.75) is 95.3 Å². The van der Waals surface area contributed by atoms with Crippen LogP contribution in [-0.2, 0) is 44.7 Å². The molecule has 9 nitrogen and oxygen atoms in total. The first-order valence-corrected chi connectivity index (χ1v) is 20.4. The number of rotatable bonds is 7. The smallest absolute Gasteiger partial charge is 0.237 e. The molecule has 0 atom stereocenters. The van der Waals surface area contributed by atoms with Gasteiger partial charge in [-0.1, -0.05) is 59.7 Å². The lowest BCUT2D eigenvalue weighted by atomic mass is 9.87. The standard InChI is InChI=1S/C25H28N2O3.C24H25NO3/c1-24(2,3)22-13-16-12-18(7-8-19(16)27(22)5)26(4)23(28)25(10-11-25)17-6-9-20-21(14-17)30-15-29-20;1-23(2,3)21-12-16-10-15(4-6-18(16)25-21)11-22(26)24(8-9-24)17-5-7-19-20(13-17)28-14-27-19/h6-9,12-14H,10-11,15H2,1-5H3;4-7,10,12-13,25H,8-9,11,14H2,1-3H3. The van der Waals surface area contributed by atoms with Gasteiger partial charge >= 0.3 is 0 Å². The summed E-state index contributed by atoms with van der Waals surface area (Å²) < 4.78 is 24.1. The highest BCUT2D eigenvalue weighted by atomic mass is 16.7. The molecule has 300 valence electrons. The first kappa shape index (κ1) is 37.9. The minimum absolute atomic E-state index is 0.0626. The summed E-state index contributed by atoms with van der Waals surface area (Å²) in [7, 11) is 3.99. The molecule has 1 amide bonds. The van der Waals surface area contributed by atoms with Crippen molar-refractivity contribution >= 4 is 39.2 Å². The number of hydrogen-bond donors (Lipinski definition) is 1. The fraction of sp³-hybridized carbons (Fsp3) is 0.388. The lowest BCUT2D eigenvalue weighted by Gasteiger charge is -2.24. The van der Waals surface area contributed by atoms with E-state index in [9.17, 15) is 9.59 Å². The van der Waals surface area contributed by atoms with E-state index in [4.69, 9.17) is 18.9 Å². The van der Waals surface area contributed by atoms with Gasteiger partial charge in [-0.05, 0) is 114 Å². The van der Waals surface area contributed by atoms with E-state index in [2.05, 4.69) is 101 Å². The lowest BCUT2D eigenvalue weighted by Crippen LogP contribution is -2.36. The summed E-state index contributed by atoms with van der Waals surface area (Å²) in [5.41, 5.74) is 8.18. The number of amides is 1. The molecule has 4 aliphatic rings. The molecule has 2 fully saturated rings. The molecule has 0 bridgehead atoms. The Morgan fingerprint density at radius 3 is 1.86 bits per heavy atom. The van der Waals surface area contributed by atoms with Crippen LogP contribution in [0.2, 0.25) is 0 Å². The molecule has 0 radical (unpaired) electrons. The summed E-state index contributed by atoms with van der Waals surface area (Å²) in [6, 6.07) is 28.8. The third-order valence-electron chi connectivity index (χ3n) is 12.6. The Hall–Kier alpha value is -5.70. The van der Waals surface area contributed by atoms with Crippen LogP contribution >= 0.6 is 0 Å². The zero-order chi connectivity index (χ0) is 40.8. The Balaban J connectivity index is 0.000000151. The molecule has 2 saturated carbocycles. The number of anilines is 1. The predicted molar refractivity (Wildman–Crippen MR) is 228 cm³/mol. The summed E-state index contributed by atoms with van der Waals surface area (Å²) in [6.07, 6.45) is 3.99. The third-order valence-corrected chi connectivity index (χ3v) is 12.6. The number of H-pyrrole nitrogens is 1. The van der Waals surface area contributed by atoms with E-state index >= 15 is 0 Å². The number of aryl methyl sites for hydroxylation is 1. The van der Waals surface area contributed by atoms with Crippen molar-refractivity contribution < 1.29 is 28.5 Å². The zero-order valence-corrected chi connectivity index (χ0v) is 34.9. The number of nitrogens with one attached hydrogen (secondary N) is 1. The van der Waals surface area contributed by atoms with Gasteiger partial charge < -0.3 is 33.4 Å². The van der Waals surface area contributed by atoms with Crippen molar-refractivity contribution in [3.8, 4) is 23.0 Å². The van der Waals surface area contributed by atoms with Crippen LogP contribution in [-0.4, -0.2) is 41.9 Å². The van der Waals surface area contributed by atoms with Gasteiger partial charge in [0.25, 0.3) is 0 Å². The molecule has 1 N–H and O–H groups in total.